The van der Waals surface area contributed by atoms with Crippen LogP contribution < -0.4 is 14.8 Å². The summed E-state index contributed by atoms with van der Waals surface area (Å²) in [7, 11) is 1.57. The number of aromatic nitrogens is 1. The monoisotopic (exact) mass is 538 g/mol. The Balaban J connectivity index is 1.41. The average Bonchev–Trinajstić information content (AvgIpc) is 3.31. The van der Waals surface area contributed by atoms with Gasteiger partial charge in [0, 0.05) is 17.0 Å². The first kappa shape index (κ1) is 23.7. The Kier molecular flexibility index (Phi) is 7.72. The number of ether oxygens (including phenoxy) is 2. The number of benzene rings is 3. The molecule has 34 heavy (non-hydrogen) atoms. The Labute approximate surface area is 209 Å². The molecule has 0 saturated heterocycles. The van der Waals surface area contributed by atoms with Crippen LogP contribution in [0.2, 0.25) is 0 Å². The number of halogens is 2. The second-order valence-electron chi connectivity index (χ2n) is 7.18. The van der Waals surface area contributed by atoms with Gasteiger partial charge in [0.15, 0.2) is 16.6 Å². The summed E-state index contributed by atoms with van der Waals surface area (Å²) in [4.78, 5) is 16.8. The Morgan fingerprint density at radius 2 is 1.91 bits per heavy atom. The van der Waals surface area contributed by atoms with Gasteiger partial charge in [0.25, 0.3) is 0 Å². The van der Waals surface area contributed by atoms with Crippen molar-refractivity contribution >= 4 is 44.4 Å². The smallest absolute Gasteiger partial charge is 0.250 e. The van der Waals surface area contributed by atoms with Crippen LogP contribution in [-0.4, -0.2) is 18.0 Å². The minimum atomic E-state index is -0.320. The summed E-state index contributed by atoms with van der Waals surface area (Å²) in [6.45, 7) is 0.404. The highest BCUT2D eigenvalue weighted by Gasteiger charge is 2.12. The molecule has 1 N–H and O–H groups in total. The van der Waals surface area contributed by atoms with Crippen LogP contribution in [0.25, 0.3) is 17.3 Å². The van der Waals surface area contributed by atoms with Crippen LogP contribution in [0.3, 0.4) is 0 Å². The predicted octanol–water partition coefficient (Wildman–Crippen LogP) is 6.95. The van der Waals surface area contributed by atoms with E-state index < -0.39 is 0 Å². The minimum absolute atomic E-state index is 0.309. The molecule has 4 rings (SSSR count). The first-order valence-electron chi connectivity index (χ1n) is 10.3. The van der Waals surface area contributed by atoms with Crippen LogP contribution in [0.15, 0.2) is 82.7 Å². The van der Waals surface area contributed by atoms with E-state index in [9.17, 15) is 9.18 Å². The molecule has 0 saturated carbocycles. The maximum absolute atomic E-state index is 13.1. The molecule has 0 unspecified atom stereocenters. The Bertz CT molecular complexity index is 1310. The number of hydrogen-bond acceptors (Lipinski definition) is 5. The largest absolute Gasteiger partial charge is 0.493 e. The van der Waals surface area contributed by atoms with Gasteiger partial charge in [-0.3, -0.25) is 10.1 Å². The minimum Gasteiger partial charge on any atom is -0.493 e. The van der Waals surface area contributed by atoms with Crippen LogP contribution in [0, 0.1) is 5.82 Å². The number of nitrogens with zero attached hydrogens (tertiary/aromatic N) is 1. The third-order valence-corrected chi connectivity index (χ3v) is 6.13. The van der Waals surface area contributed by atoms with E-state index in [-0.39, 0.29) is 11.7 Å². The Morgan fingerprint density at radius 1 is 1.15 bits per heavy atom. The van der Waals surface area contributed by atoms with E-state index in [1.807, 2.05) is 41.8 Å². The van der Waals surface area contributed by atoms with Crippen molar-refractivity contribution in [2.75, 3.05) is 12.4 Å². The molecule has 0 aliphatic carbocycles. The number of thiazole rings is 1. The average molecular weight is 539 g/mol. The van der Waals surface area contributed by atoms with Gasteiger partial charge in [0.1, 0.15) is 12.4 Å². The maximum Gasteiger partial charge on any atom is 0.250 e. The molecule has 5 nitrogen and oxygen atoms in total. The molecule has 0 spiro atoms. The number of amides is 1. The molecule has 8 heteroatoms. The number of carbonyl (C=O) groups excluding carboxylic acids is 1. The van der Waals surface area contributed by atoms with Crippen molar-refractivity contribution in [3.8, 4) is 22.8 Å². The lowest BCUT2D eigenvalue weighted by Gasteiger charge is -2.13. The number of hydrogen-bond donors (Lipinski definition) is 1. The summed E-state index contributed by atoms with van der Waals surface area (Å²) in [5.41, 5.74) is 3.25. The number of rotatable bonds is 8. The fourth-order valence-electron chi connectivity index (χ4n) is 3.11. The van der Waals surface area contributed by atoms with Crippen molar-refractivity contribution in [3.05, 3.63) is 99.6 Å². The molecule has 4 aromatic rings. The van der Waals surface area contributed by atoms with Crippen LogP contribution in [0.4, 0.5) is 9.52 Å². The standard InChI is InChI=1S/C26H20BrFN2O3S/c1-32-23-14-18(13-21(27)25(23)33-15-17-5-3-2-4-6-17)7-12-24(31)30-26-29-22(16-34-26)19-8-10-20(28)11-9-19/h2-14,16H,15H2,1H3,(H,29,30,31)/b12-7+. The number of anilines is 1. The molecule has 3 aromatic carbocycles. The summed E-state index contributed by atoms with van der Waals surface area (Å²) >= 11 is 4.83. The van der Waals surface area contributed by atoms with Gasteiger partial charge in [-0.05, 0) is 69.5 Å². The molecule has 1 aromatic heterocycles. The van der Waals surface area contributed by atoms with E-state index in [0.29, 0.717) is 33.4 Å². The second-order valence-corrected chi connectivity index (χ2v) is 8.89. The highest BCUT2D eigenvalue weighted by molar-refractivity contribution is 9.10. The molecular weight excluding hydrogens is 519 g/mol. The molecule has 0 aliphatic rings. The molecule has 0 fully saturated rings. The van der Waals surface area contributed by atoms with Gasteiger partial charge in [0.05, 0.1) is 17.3 Å². The van der Waals surface area contributed by atoms with E-state index in [4.69, 9.17) is 9.47 Å². The molecule has 1 amide bonds. The van der Waals surface area contributed by atoms with Crippen molar-refractivity contribution in [1.82, 2.24) is 4.98 Å². The summed E-state index contributed by atoms with van der Waals surface area (Å²) in [5, 5.41) is 5.01. The van der Waals surface area contributed by atoms with E-state index in [0.717, 1.165) is 16.7 Å². The van der Waals surface area contributed by atoms with Gasteiger partial charge in [0.2, 0.25) is 5.91 Å². The van der Waals surface area contributed by atoms with Crippen LogP contribution >= 0.6 is 27.3 Å². The fourth-order valence-corrected chi connectivity index (χ4v) is 4.41. The van der Waals surface area contributed by atoms with Crippen molar-refractivity contribution in [2.24, 2.45) is 0 Å². The number of nitrogens with one attached hydrogen (secondary N) is 1. The first-order valence-corrected chi connectivity index (χ1v) is 11.9. The lowest BCUT2D eigenvalue weighted by Crippen LogP contribution is -2.07. The Hall–Kier alpha value is -3.49. The SMILES string of the molecule is COc1cc(/C=C/C(=O)Nc2nc(-c3ccc(F)cc3)cs2)cc(Br)c1OCc1ccccc1. The first-order chi connectivity index (χ1) is 16.5. The molecule has 0 aliphatic heterocycles. The molecule has 0 radical (unpaired) electrons. The third-order valence-electron chi connectivity index (χ3n) is 4.78. The lowest BCUT2D eigenvalue weighted by atomic mass is 10.2. The summed E-state index contributed by atoms with van der Waals surface area (Å²) < 4.78 is 25.3. The molecule has 172 valence electrons. The zero-order valence-electron chi connectivity index (χ0n) is 18.1. The van der Waals surface area contributed by atoms with Crippen LogP contribution in [0.5, 0.6) is 11.5 Å². The van der Waals surface area contributed by atoms with Crippen molar-refractivity contribution in [3.63, 3.8) is 0 Å². The van der Waals surface area contributed by atoms with Gasteiger partial charge in [-0.15, -0.1) is 11.3 Å². The van der Waals surface area contributed by atoms with E-state index in [2.05, 4.69) is 26.2 Å². The molecule has 1 heterocycles. The van der Waals surface area contributed by atoms with Gasteiger partial charge in [-0.25, -0.2) is 9.37 Å². The van der Waals surface area contributed by atoms with E-state index >= 15 is 0 Å². The molecule has 0 bridgehead atoms. The Morgan fingerprint density at radius 3 is 2.65 bits per heavy atom. The highest BCUT2D eigenvalue weighted by Crippen LogP contribution is 2.37. The predicted molar refractivity (Wildman–Crippen MR) is 137 cm³/mol. The van der Waals surface area contributed by atoms with Gasteiger partial charge in [-0.2, -0.15) is 0 Å². The lowest BCUT2D eigenvalue weighted by molar-refractivity contribution is -0.111. The zero-order valence-corrected chi connectivity index (χ0v) is 20.5. The summed E-state index contributed by atoms with van der Waals surface area (Å²) in [5.74, 6) is 0.509. The van der Waals surface area contributed by atoms with E-state index in [1.54, 1.807) is 31.4 Å². The maximum atomic E-state index is 13.1. The van der Waals surface area contributed by atoms with Crippen molar-refractivity contribution in [1.29, 1.82) is 0 Å². The van der Waals surface area contributed by atoms with Crippen LogP contribution in [-0.2, 0) is 11.4 Å². The highest BCUT2D eigenvalue weighted by atomic mass is 79.9. The van der Waals surface area contributed by atoms with E-state index in [1.165, 1.54) is 29.5 Å². The molecular formula is C26H20BrFN2O3S. The summed E-state index contributed by atoms with van der Waals surface area (Å²) in [6, 6.07) is 19.5. The number of methoxy groups -OCH3 is 1. The second kappa shape index (κ2) is 11.1. The summed E-state index contributed by atoms with van der Waals surface area (Å²) in [6.07, 6.45) is 3.10. The topological polar surface area (TPSA) is 60.5 Å². The van der Waals surface area contributed by atoms with Gasteiger partial charge >= 0.3 is 0 Å². The normalized spacial score (nSPS) is 10.9. The number of carbonyl (C=O) groups is 1. The quantitative estimate of drug-likeness (QED) is 0.246. The van der Waals surface area contributed by atoms with Crippen molar-refractivity contribution < 1.29 is 18.7 Å². The van der Waals surface area contributed by atoms with Gasteiger partial charge < -0.3 is 9.47 Å². The zero-order chi connectivity index (χ0) is 23.9. The van der Waals surface area contributed by atoms with Crippen molar-refractivity contribution in [2.45, 2.75) is 6.61 Å². The van der Waals surface area contributed by atoms with Crippen LogP contribution in [0.1, 0.15) is 11.1 Å². The third kappa shape index (κ3) is 6.09. The van der Waals surface area contributed by atoms with Gasteiger partial charge in [-0.1, -0.05) is 30.3 Å². The molecule has 0 atom stereocenters. The fraction of sp³-hybridized carbons (Fsp3) is 0.0769.